The predicted molar refractivity (Wildman–Crippen MR) is 133 cm³/mol. The number of carbonyl (C=O) groups is 1. The lowest BCUT2D eigenvalue weighted by Crippen LogP contribution is -2.28. The van der Waals surface area contributed by atoms with Gasteiger partial charge in [0.1, 0.15) is 11.4 Å². The van der Waals surface area contributed by atoms with Crippen molar-refractivity contribution in [3.05, 3.63) is 107 Å². The third-order valence-corrected chi connectivity index (χ3v) is 5.77. The van der Waals surface area contributed by atoms with E-state index in [0.717, 1.165) is 40.4 Å². The predicted octanol–water partition coefficient (Wildman–Crippen LogP) is 5.62. The Balaban J connectivity index is 1.80. The summed E-state index contributed by atoms with van der Waals surface area (Å²) in [4.78, 5) is 15.6. The van der Waals surface area contributed by atoms with Crippen LogP contribution in [0.5, 0.6) is 5.75 Å². The van der Waals surface area contributed by atoms with Gasteiger partial charge in [-0.1, -0.05) is 73.7 Å². The molecule has 0 bridgehead atoms. The van der Waals surface area contributed by atoms with Gasteiger partial charge in [0, 0.05) is 19.2 Å². The maximum atomic E-state index is 13.9. The van der Waals surface area contributed by atoms with Crippen molar-refractivity contribution in [1.82, 2.24) is 14.7 Å². The number of para-hydroxylation sites is 2. The number of methoxy groups -OCH3 is 1. The second-order valence-electron chi connectivity index (χ2n) is 7.95. The normalized spacial score (nSPS) is 12.9. The van der Waals surface area contributed by atoms with Crippen molar-refractivity contribution in [2.24, 2.45) is 0 Å². The van der Waals surface area contributed by atoms with Crippen molar-refractivity contribution in [2.45, 2.75) is 26.3 Å². The standard InChI is InChI=1S/C28H29N3O2/c1-4-24-26(28(32)30(2)20-22-16-12-13-19-25(22)33-3)27(21-14-8-5-6-9-15-21)29-31(24)23-17-10-7-11-18-23/h5-14,16-19H,4,15,20H2,1-3H3. The van der Waals surface area contributed by atoms with E-state index in [4.69, 9.17) is 9.84 Å². The minimum atomic E-state index is -0.0481. The second kappa shape index (κ2) is 10.2. The Morgan fingerprint density at radius 3 is 2.58 bits per heavy atom. The first-order valence-corrected chi connectivity index (χ1v) is 11.2. The molecule has 0 N–H and O–H groups in total. The van der Waals surface area contributed by atoms with Crippen LogP contribution in [0.4, 0.5) is 0 Å². The molecule has 5 nitrogen and oxygen atoms in total. The van der Waals surface area contributed by atoms with Gasteiger partial charge in [0.15, 0.2) is 0 Å². The van der Waals surface area contributed by atoms with E-state index >= 15 is 0 Å². The Bertz CT molecular complexity index is 1220. The Kier molecular flexibility index (Phi) is 6.89. The molecule has 0 aliphatic heterocycles. The molecule has 0 radical (unpaired) electrons. The van der Waals surface area contributed by atoms with Crippen LogP contribution in [0.3, 0.4) is 0 Å². The molecule has 3 aromatic rings. The Morgan fingerprint density at radius 2 is 1.82 bits per heavy atom. The molecular formula is C28H29N3O2. The zero-order valence-electron chi connectivity index (χ0n) is 19.4. The maximum Gasteiger partial charge on any atom is 0.258 e. The highest BCUT2D eigenvalue weighted by atomic mass is 16.5. The SMILES string of the molecule is CCc1c(C(=O)N(C)Cc2ccccc2OC)c(C2=CC=CC=CC2)nn1-c1ccccc1. The highest BCUT2D eigenvalue weighted by Crippen LogP contribution is 2.30. The number of nitrogens with zero attached hydrogens (tertiary/aromatic N) is 3. The molecular weight excluding hydrogens is 410 g/mol. The zero-order chi connectivity index (χ0) is 23.2. The number of allylic oxidation sites excluding steroid dienone is 6. The lowest BCUT2D eigenvalue weighted by molar-refractivity contribution is 0.0782. The van der Waals surface area contributed by atoms with E-state index in [1.807, 2.05) is 90.6 Å². The molecule has 0 atom stereocenters. The number of aromatic nitrogens is 2. The molecule has 0 unspecified atom stereocenters. The van der Waals surface area contributed by atoms with Crippen LogP contribution in [0, 0.1) is 0 Å². The van der Waals surface area contributed by atoms with E-state index in [-0.39, 0.29) is 5.91 Å². The topological polar surface area (TPSA) is 47.4 Å². The number of rotatable bonds is 7. The molecule has 0 saturated heterocycles. The van der Waals surface area contributed by atoms with Gasteiger partial charge in [-0.2, -0.15) is 5.10 Å². The smallest absolute Gasteiger partial charge is 0.258 e. The van der Waals surface area contributed by atoms with Crippen LogP contribution in [0.15, 0.2) is 85.0 Å². The lowest BCUT2D eigenvalue weighted by Gasteiger charge is -2.20. The fourth-order valence-corrected chi connectivity index (χ4v) is 4.12. The maximum absolute atomic E-state index is 13.9. The Morgan fingerprint density at radius 1 is 1.06 bits per heavy atom. The summed E-state index contributed by atoms with van der Waals surface area (Å²) in [5.41, 5.74) is 5.25. The largest absolute Gasteiger partial charge is 0.496 e. The van der Waals surface area contributed by atoms with E-state index < -0.39 is 0 Å². The highest BCUT2D eigenvalue weighted by Gasteiger charge is 2.28. The summed E-state index contributed by atoms with van der Waals surface area (Å²) in [6.45, 7) is 2.51. The number of carbonyl (C=O) groups excluding carboxylic acids is 1. The van der Waals surface area contributed by atoms with Crippen LogP contribution in [0.2, 0.25) is 0 Å². The average molecular weight is 440 g/mol. The minimum Gasteiger partial charge on any atom is -0.496 e. The van der Waals surface area contributed by atoms with E-state index in [1.54, 1.807) is 12.0 Å². The van der Waals surface area contributed by atoms with Crippen molar-refractivity contribution in [3.8, 4) is 11.4 Å². The van der Waals surface area contributed by atoms with E-state index in [0.29, 0.717) is 18.5 Å². The number of amides is 1. The molecule has 0 saturated carbocycles. The van der Waals surface area contributed by atoms with E-state index in [1.165, 1.54) is 0 Å². The average Bonchev–Trinajstić information content (AvgIpc) is 3.03. The van der Waals surface area contributed by atoms with Crippen molar-refractivity contribution < 1.29 is 9.53 Å². The molecule has 4 rings (SSSR count). The number of ether oxygens (including phenoxy) is 1. The van der Waals surface area contributed by atoms with Crippen LogP contribution in [-0.4, -0.2) is 34.7 Å². The summed E-state index contributed by atoms with van der Waals surface area (Å²) in [6, 6.07) is 17.8. The molecule has 1 heterocycles. The van der Waals surface area contributed by atoms with Crippen molar-refractivity contribution in [2.75, 3.05) is 14.2 Å². The lowest BCUT2D eigenvalue weighted by atomic mass is 10.0. The quantitative estimate of drug-likeness (QED) is 0.480. The number of hydrogen-bond donors (Lipinski definition) is 0. The van der Waals surface area contributed by atoms with Gasteiger partial charge in [-0.05, 0) is 36.6 Å². The van der Waals surface area contributed by atoms with Gasteiger partial charge < -0.3 is 9.64 Å². The minimum absolute atomic E-state index is 0.0481. The Hall–Kier alpha value is -3.86. The number of hydrogen-bond acceptors (Lipinski definition) is 3. The fourth-order valence-electron chi connectivity index (χ4n) is 4.12. The summed E-state index contributed by atoms with van der Waals surface area (Å²) < 4.78 is 7.41. The van der Waals surface area contributed by atoms with Crippen LogP contribution in [0.1, 0.15) is 40.7 Å². The molecule has 1 amide bonds. The summed E-state index contributed by atoms with van der Waals surface area (Å²) in [7, 11) is 3.48. The van der Waals surface area contributed by atoms with Crippen LogP contribution in [0.25, 0.3) is 11.3 Å². The third kappa shape index (κ3) is 4.67. The fraction of sp³-hybridized carbons (Fsp3) is 0.214. The van der Waals surface area contributed by atoms with Crippen molar-refractivity contribution >= 4 is 11.5 Å². The number of benzene rings is 2. The molecule has 1 aliphatic rings. The monoisotopic (exact) mass is 439 g/mol. The van der Waals surface area contributed by atoms with Gasteiger partial charge in [-0.15, -0.1) is 0 Å². The third-order valence-electron chi connectivity index (χ3n) is 5.77. The van der Waals surface area contributed by atoms with Crippen LogP contribution >= 0.6 is 0 Å². The van der Waals surface area contributed by atoms with Gasteiger partial charge >= 0.3 is 0 Å². The molecule has 2 aromatic carbocycles. The highest BCUT2D eigenvalue weighted by molar-refractivity contribution is 6.00. The van der Waals surface area contributed by atoms with Gasteiger partial charge in [-0.3, -0.25) is 4.79 Å². The van der Waals surface area contributed by atoms with Crippen molar-refractivity contribution in [3.63, 3.8) is 0 Å². The molecule has 0 fully saturated rings. The molecule has 33 heavy (non-hydrogen) atoms. The summed E-state index contributed by atoms with van der Waals surface area (Å²) >= 11 is 0. The molecule has 1 aliphatic carbocycles. The molecule has 1 aromatic heterocycles. The molecule has 5 heteroatoms. The van der Waals surface area contributed by atoms with Gasteiger partial charge in [0.25, 0.3) is 5.91 Å². The molecule has 0 spiro atoms. The van der Waals surface area contributed by atoms with Crippen LogP contribution in [-0.2, 0) is 13.0 Å². The van der Waals surface area contributed by atoms with Crippen LogP contribution < -0.4 is 4.74 Å². The van der Waals surface area contributed by atoms with Gasteiger partial charge in [-0.25, -0.2) is 4.68 Å². The Labute approximate surface area is 195 Å². The van der Waals surface area contributed by atoms with E-state index in [9.17, 15) is 4.79 Å². The summed E-state index contributed by atoms with van der Waals surface area (Å²) in [5.74, 6) is 0.725. The van der Waals surface area contributed by atoms with E-state index in [2.05, 4.69) is 13.0 Å². The molecule has 168 valence electrons. The zero-order valence-corrected chi connectivity index (χ0v) is 19.4. The van der Waals surface area contributed by atoms with Gasteiger partial charge in [0.05, 0.1) is 24.1 Å². The van der Waals surface area contributed by atoms with Crippen molar-refractivity contribution in [1.29, 1.82) is 0 Å². The van der Waals surface area contributed by atoms with Gasteiger partial charge in [0.2, 0.25) is 0 Å². The first-order valence-electron chi connectivity index (χ1n) is 11.2. The summed E-state index contributed by atoms with van der Waals surface area (Å²) in [5, 5.41) is 4.97. The first-order chi connectivity index (χ1) is 16.1. The second-order valence-corrected chi connectivity index (χ2v) is 7.95. The summed E-state index contributed by atoms with van der Waals surface area (Å²) in [6.07, 6.45) is 11.6. The first kappa shape index (κ1) is 22.3.